The predicted octanol–water partition coefficient (Wildman–Crippen LogP) is 2.70. The lowest BCUT2D eigenvalue weighted by molar-refractivity contribution is -0.137. The molecule has 2 amide bonds. The van der Waals surface area contributed by atoms with Gasteiger partial charge in [-0.2, -0.15) is 13.2 Å². The molecule has 2 aliphatic heterocycles. The second-order valence-electron chi connectivity index (χ2n) is 7.22. The van der Waals surface area contributed by atoms with Gasteiger partial charge < -0.3 is 19.1 Å². The number of urea groups is 1. The van der Waals surface area contributed by atoms with E-state index in [1.807, 2.05) is 4.57 Å². The molecule has 0 spiro atoms. The summed E-state index contributed by atoms with van der Waals surface area (Å²) < 4.78 is 59.0. The number of hydrogen-bond donors (Lipinski definition) is 0. The molecule has 7 nitrogen and oxygen atoms in total. The van der Waals surface area contributed by atoms with Gasteiger partial charge in [0.05, 0.1) is 37.4 Å². The van der Waals surface area contributed by atoms with Crippen LogP contribution in [0.2, 0.25) is 0 Å². The first kappa shape index (κ1) is 19.6. The van der Waals surface area contributed by atoms with Crippen LogP contribution in [0.25, 0.3) is 0 Å². The average molecular weight is 413 g/mol. The number of alkyl halides is 3. The molecule has 4 rings (SSSR count). The van der Waals surface area contributed by atoms with E-state index in [9.17, 15) is 22.4 Å². The largest absolute Gasteiger partial charge is 0.416 e. The van der Waals surface area contributed by atoms with Crippen LogP contribution < -0.4 is 0 Å². The Morgan fingerprint density at radius 3 is 2.52 bits per heavy atom. The maximum Gasteiger partial charge on any atom is 0.416 e. The number of nitrogens with zero attached hydrogens (tertiary/aromatic N) is 5. The van der Waals surface area contributed by atoms with Crippen molar-refractivity contribution in [2.75, 3.05) is 26.2 Å². The summed E-state index contributed by atoms with van der Waals surface area (Å²) in [7, 11) is 0. The van der Waals surface area contributed by atoms with Gasteiger partial charge in [0, 0.05) is 18.7 Å². The third-order valence-electron chi connectivity index (χ3n) is 5.27. The highest BCUT2D eigenvalue weighted by Crippen LogP contribution is 2.30. The topological polar surface area (TPSA) is 63.5 Å². The molecule has 156 valence electrons. The molecule has 1 aromatic carbocycles. The number of benzene rings is 1. The van der Waals surface area contributed by atoms with Crippen molar-refractivity contribution >= 4 is 6.03 Å². The van der Waals surface area contributed by atoms with Gasteiger partial charge >= 0.3 is 12.2 Å². The summed E-state index contributed by atoms with van der Waals surface area (Å²) in [5, 5.41) is 7.56. The van der Waals surface area contributed by atoms with Gasteiger partial charge in [-0.3, -0.25) is 0 Å². The first-order valence-electron chi connectivity index (χ1n) is 9.16. The number of carbonyl (C=O) groups excluding carboxylic acids is 1. The first-order chi connectivity index (χ1) is 13.8. The molecule has 1 atom stereocenters. The van der Waals surface area contributed by atoms with Gasteiger partial charge in [0.15, 0.2) is 0 Å². The number of amides is 2. The highest BCUT2D eigenvalue weighted by atomic mass is 19.4. The zero-order valence-corrected chi connectivity index (χ0v) is 15.3. The summed E-state index contributed by atoms with van der Waals surface area (Å²) in [4.78, 5) is 15.9. The smallest absolute Gasteiger partial charge is 0.370 e. The fraction of sp³-hybridized carbons (Fsp3) is 0.500. The molecular formula is C18H19F4N5O2. The van der Waals surface area contributed by atoms with Crippen LogP contribution in [0.1, 0.15) is 23.6 Å². The zero-order chi connectivity index (χ0) is 20.6. The van der Waals surface area contributed by atoms with Gasteiger partial charge in [0.25, 0.3) is 0 Å². The minimum absolute atomic E-state index is 0.0547. The summed E-state index contributed by atoms with van der Waals surface area (Å²) >= 11 is 0. The summed E-state index contributed by atoms with van der Waals surface area (Å²) in [6.07, 6.45) is -0.765. The van der Waals surface area contributed by atoms with Crippen LogP contribution >= 0.6 is 0 Å². The van der Waals surface area contributed by atoms with Crippen molar-refractivity contribution in [2.45, 2.75) is 31.3 Å². The molecule has 0 unspecified atom stereocenters. The molecule has 0 radical (unpaired) electrons. The highest BCUT2D eigenvalue weighted by Gasteiger charge is 2.37. The fourth-order valence-electron chi connectivity index (χ4n) is 3.50. The molecule has 11 heteroatoms. The van der Waals surface area contributed by atoms with Gasteiger partial charge in [0.1, 0.15) is 18.5 Å². The van der Waals surface area contributed by atoms with Crippen LogP contribution in [0, 0.1) is 5.82 Å². The quantitative estimate of drug-likeness (QED) is 0.724. The first-order valence-corrected chi connectivity index (χ1v) is 9.16. The molecule has 0 aliphatic carbocycles. The van der Waals surface area contributed by atoms with Crippen molar-refractivity contribution in [1.82, 2.24) is 24.6 Å². The third kappa shape index (κ3) is 4.19. The standard InChI is InChI=1S/C18H19F4N5O2/c19-16-5-13(18(20,21)22)2-1-12(16)9-29-15-7-26(8-15)17(28)25-4-3-14(6-25)27-10-23-24-11-27/h1-2,5,10-11,14-15H,3-4,6-9H2/t14-/m0/s1. The molecule has 29 heavy (non-hydrogen) atoms. The zero-order valence-electron chi connectivity index (χ0n) is 15.3. The van der Waals surface area contributed by atoms with Crippen LogP contribution in [0.4, 0.5) is 22.4 Å². The average Bonchev–Trinajstić information content (AvgIpc) is 3.31. The molecule has 2 saturated heterocycles. The van der Waals surface area contributed by atoms with Gasteiger partial charge in [-0.25, -0.2) is 9.18 Å². The molecule has 3 heterocycles. The van der Waals surface area contributed by atoms with Crippen molar-refractivity contribution in [2.24, 2.45) is 0 Å². The number of halogens is 4. The van der Waals surface area contributed by atoms with E-state index in [-0.39, 0.29) is 30.3 Å². The van der Waals surface area contributed by atoms with Crippen LogP contribution in [0.15, 0.2) is 30.9 Å². The summed E-state index contributed by atoms with van der Waals surface area (Å²) in [5.74, 6) is -0.954. The summed E-state index contributed by atoms with van der Waals surface area (Å²) in [6, 6.07) is 2.45. The van der Waals surface area contributed by atoms with Gasteiger partial charge in [0.2, 0.25) is 0 Å². The number of rotatable bonds is 4. The number of carbonyl (C=O) groups is 1. The lowest BCUT2D eigenvalue weighted by Gasteiger charge is -2.40. The second-order valence-corrected chi connectivity index (χ2v) is 7.22. The molecule has 0 N–H and O–H groups in total. The van der Waals surface area contributed by atoms with Crippen molar-refractivity contribution in [3.63, 3.8) is 0 Å². The highest BCUT2D eigenvalue weighted by molar-refractivity contribution is 5.75. The second kappa shape index (κ2) is 7.62. The van der Waals surface area contributed by atoms with E-state index >= 15 is 0 Å². The van der Waals surface area contributed by atoms with Crippen LogP contribution in [0.3, 0.4) is 0 Å². The Morgan fingerprint density at radius 1 is 1.14 bits per heavy atom. The Morgan fingerprint density at radius 2 is 1.86 bits per heavy atom. The molecule has 2 fully saturated rings. The molecule has 2 aromatic rings. The predicted molar refractivity (Wildman–Crippen MR) is 92.2 cm³/mol. The van der Waals surface area contributed by atoms with E-state index in [1.54, 1.807) is 22.5 Å². The molecule has 2 aliphatic rings. The van der Waals surface area contributed by atoms with E-state index < -0.39 is 17.6 Å². The monoisotopic (exact) mass is 413 g/mol. The minimum Gasteiger partial charge on any atom is -0.370 e. The van der Waals surface area contributed by atoms with Crippen LogP contribution in [-0.4, -0.2) is 62.9 Å². The normalized spacial score (nSPS) is 20.2. The van der Waals surface area contributed by atoms with Crippen LogP contribution in [0.5, 0.6) is 0 Å². The fourth-order valence-corrected chi connectivity index (χ4v) is 3.50. The Bertz CT molecular complexity index is 868. The van der Waals surface area contributed by atoms with E-state index in [1.165, 1.54) is 0 Å². The van der Waals surface area contributed by atoms with Crippen molar-refractivity contribution in [3.05, 3.63) is 47.8 Å². The molecular weight excluding hydrogens is 394 g/mol. The van der Waals surface area contributed by atoms with Gasteiger partial charge in [-0.1, -0.05) is 6.07 Å². The number of ether oxygens (including phenoxy) is 1. The Labute approximate surface area is 163 Å². The Hall–Kier alpha value is -2.69. The van der Waals surface area contributed by atoms with E-state index in [0.29, 0.717) is 32.2 Å². The van der Waals surface area contributed by atoms with Crippen molar-refractivity contribution in [1.29, 1.82) is 0 Å². The van der Waals surface area contributed by atoms with E-state index in [4.69, 9.17) is 4.74 Å². The maximum absolute atomic E-state index is 13.9. The van der Waals surface area contributed by atoms with E-state index in [0.717, 1.165) is 18.6 Å². The lowest BCUT2D eigenvalue weighted by Crippen LogP contribution is -2.58. The lowest BCUT2D eigenvalue weighted by atomic mass is 10.1. The number of likely N-dealkylation sites (tertiary alicyclic amines) is 2. The summed E-state index contributed by atoms with van der Waals surface area (Å²) in [5.41, 5.74) is -0.978. The van der Waals surface area contributed by atoms with E-state index in [2.05, 4.69) is 10.2 Å². The molecule has 0 saturated carbocycles. The Kier molecular flexibility index (Phi) is 5.15. The number of hydrogen-bond acceptors (Lipinski definition) is 4. The van der Waals surface area contributed by atoms with Crippen LogP contribution in [-0.2, 0) is 17.5 Å². The van der Waals surface area contributed by atoms with Gasteiger partial charge in [-0.05, 0) is 18.6 Å². The van der Waals surface area contributed by atoms with Crippen molar-refractivity contribution < 1.29 is 27.1 Å². The van der Waals surface area contributed by atoms with Crippen molar-refractivity contribution in [3.8, 4) is 0 Å². The maximum atomic E-state index is 13.9. The summed E-state index contributed by atoms with van der Waals surface area (Å²) in [6.45, 7) is 1.82. The molecule has 1 aromatic heterocycles. The third-order valence-corrected chi connectivity index (χ3v) is 5.27. The Balaban J connectivity index is 1.23. The molecule has 0 bridgehead atoms. The minimum atomic E-state index is -4.59. The number of aromatic nitrogens is 3. The van der Waals surface area contributed by atoms with Gasteiger partial charge in [-0.15, -0.1) is 10.2 Å². The SMILES string of the molecule is O=C(N1CC(OCc2ccc(C(F)(F)F)cc2F)C1)N1CC[C@H](n2cnnc2)C1.